The zero-order valence-electron chi connectivity index (χ0n) is 72.2. The number of aliphatic hydroxyl groups is 1. The van der Waals surface area contributed by atoms with Gasteiger partial charge in [-0.3, -0.25) is 37.3 Å². The van der Waals surface area contributed by atoms with Gasteiger partial charge in [-0.15, -0.1) is 0 Å². The van der Waals surface area contributed by atoms with E-state index in [-0.39, 0.29) is 25.7 Å². The molecule has 0 bridgehead atoms. The van der Waals surface area contributed by atoms with E-state index in [4.69, 9.17) is 37.0 Å². The lowest BCUT2D eigenvalue weighted by molar-refractivity contribution is -0.161. The maximum Gasteiger partial charge on any atom is 0.472 e. The number of carbonyl (C=O) groups is 4. The van der Waals surface area contributed by atoms with Gasteiger partial charge in [-0.05, 0) is 49.4 Å². The molecule has 0 aliphatic rings. The van der Waals surface area contributed by atoms with Gasteiger partial charge in [-0.2, -0.15) is 0 Å². The van der Waals surface area contributed by atoms with E-state index >= 15 is 0 Å². The molecule has 648 valence electrons. The molecule has 0 aliphatic heterocycles. The van der Waals surface area contributed by atoms with Crippen LogP contribution in [0.1, 0.15) is 473 Å². The van der Waals surface area contributed by atoms with Crippen LogP contribution in [0.15, 0.2) is 0 Å². The number of rotatable bonds is 87. The van der Waals surface area contributed by atoms with Gasteiger partial charge in [0.2, 0.25) is 0 Å². The summed E-state index contributed by atoms with van der Waals surface area (Å²) in [6.45, 7) is 14.4. The van der Waals surface area contributed by atoms with Gasteiger partial charge >= 0.3 is 39.5 Å². The van der Waals surface area contributed by atoms with Crippen LogP contribution >= 0.6 is 15.6 Å². The predicted molar refractivity (Wildman–Crippen MR) is 451 cm³/mol. The molecule has 0 spiro atoms. The summed E-state index contributed by atoms with van der Waals surface area (Å²) in [5, 5.41) is 10.7. The van der Waals surface area contributed by atoms with Gasteiger partial charge in [0, 0.05) is 25.7 Å². The van der Waals surface area contributed by atoms with Crippen molar-refractivity contribution < 1.29 is 80.2 Å². The third-order valence-electron chi connectivity index (χ3n) is 21.8. The van der Waals surface area contributed by atoms with Gasteiger partial charge in [0.25, 0.3) is 0 Å². The van der Waals surface area contributed by atoms with Gasteiger partial charge in [-0.25, -0.2) is 9.13 Å². The highest BCUT2D eigenvalue weighted by Crippen LogP contribution is 2.45. The topological polar surface area (TPSA) is 237 Å². The second kappa shape index (κ2) is 78.6. The SMILES string of the molecule is CCC(C)CCCCCCCCCCCCCCCCCCCCC(=O)OC[C@H](COP(=O)(O)OCC(O)COP(=O)(O)OC[C@@H](COC(=O)CCCCCCCCCC(C)C)OC(=O)CCCCCCCCCCCCCCC(C)C)OC(=O)CCCCCCCCCCCCCCCCCCCCC(C)CC. The standard InChI is InChI=1S/C90H176O17P2/c1-9-82(7)68-60-52-44-36-30-23-19-15-11-13-17-21-25-32-38-46-54-62-70-87(92)100-76-85(106-89(94)72-64-56-47-39-33-26-22-18-14-12-16-20-24-31-37-45-53-61-69-83(8)10-2)78-104-108(96,97)102-74-84(91)75-103-109(98,99)105-79-86(77-101-88(93)71-63-55-49-41-43-51-59-67-81(5)6)107-90(95)73-65-57-48-40-34-28-27-29-35-42-50-58-66-80(3)4/h80-86,91H,9-79H2,1-8H3,(H,96,97)(H,98,99)/t82?,83?,84?,85-,86-/m1/s1. The summed E-state index contributed by atoms with van der Waals surface area (Å²) < 4.78 is 69.0. The number of ether oxygens (including phenoxy) is 4. The Morgan fingerprint density at radius 1 is 0.257 bits per heavy atom. The first-order valence-electron chi connectivity index (χ1n) is 46.3. The van der Waals surface area contributed by atoms with E-state index in [1.54, 1.807) is 0 Å². The number of hydrogen-bond donors (Lipinski definition) is 3. The van der Waals surface area contributed by atoms with Gasteiger partial charge in [0.15, 0.2) is 12.2 Å². The Bertz CT molecular complexity index is 2110. The average Bonchev–Trinajstić information content (AvgIpc) is 0.894. The van der Waals surface area contributed by atoms with Gasteiger partial charge in [-0.1, -0.05) is 421 Å². The molecule has 0 aliphatic carbocycles. The third-order valence-corrected chi connectivity index (χ3v) is 23.7. The Morgan fingerprint density at radius 2 is 0.440 bits per heavy atom. The highest BCUT2D eigenvalue weighted by molar-refractivity contribution is 7.47. The fraction of sp³-hybridized carbons (Fsp3) is 0.956. The molecule has 0 rings (SSSR count). The molecule has 0 aromatic heterocycles. The average molecular weight is 1590 g/mol. The molecule has 0 radical (unpaired) electrons. The number of carbonyl (C=O) groups excluding carboxylic acids is 4. The third kappa shape index (κ3) is 81.0. The van der Waals surface area contributed by atoms with Crippen LogP contribution in [0.2, 0.25) is 0 Å². The molecule has 3 N–H and O–H groups in total. The minimum absolute atomic E-state index is 0.106. The van der Waals surface area contributed by atoms with Crippen LogP contribution in [0.25, 0.3) is 0 Å². The lowest BCUT2D eigenvalue weighted by Crippen LogP contribution is -2.30. The summed E-state index contributed by atoms with van der Waals surface area (Å²) in [6.07, 6.45) is 69.6. The largest absolute Gasteiger partial charge is 0.472 e. The van der Waals surface area contributed by atoms with Crippen LogP contribution < -0.4 is 0 Å². The van der Waals surface area contributed by atoms with E-state index in [0.717, 1.165) is 114 Å². The Hall–Kier alpha value is -1.94. The Balaban J connectivity index is 5.21. The zero-order chi connectivity index (χ0) is 80.2. The monoisotopic (exact) mass is 1590 g/mol. The van der Waals surface area contributed by atoms with Crippen molar-refractivity contribution in [3.05, 3.63) is 0 Å². The molecule has 0 amide bonds. The van der Waals surface area contributed by atoms with E-state index in [0.29, 0.717) is 31.6 Å². The van der Waals surface area contributed by atoms with E-state index in [1.807, 2.05) is 0 Å². The van der Waals surface area contributed by atoms with Crippen LogP contribution in [0, 0.1) is 23.7 Å². The van der Waals surface area contributed by atoms with Gasteiger partial charge < -0.3 is 33.8 Å². The quantitative estimate of drug-likeness (QED) is 0.0222. The number of unbranched alkanes of at least 4 members (excludes halogenated alkanes) is 51. The van der Waals surface area contributed by atoms with Crippen molar-refractivity contribution in [2.45, 2.75) is 491 Å². The molecule has 17 nitrogen and oxygen atoms in total. The second-order valence-electron chi connectivity index (χ2n) is 33.8. The minimum Gasteiger partial charge on any atom is -0.462 e. The van der Waals surface area contributed by atoms with E-state index in [2.05, 4.69) is 55.4 Å². The van der Waals surface area contributed by atoms with Crippen molar-refractivity contribution in [3.63, 3.8) is 0 Å². The second-order valence-corrected chi connectivity index (χ2v) is 36.7. The summed E-state index contributed by atoms with van der Waals surface area (Å²) in [4.78, 5) is 73.3. The van der Waals surface area contributed by atoms with Crippen molar-refractivity contribution in [3.8, 4) is 0 Å². The zero-order valence-corrected chi connectivity index (χ0v) is 74.0. The molecule has 0 aromatic carbocycles. The highest BCUT2D eigenvalue weighted by atomic mass is 31.2. The number of phosphoric ester groups is 2. The first-order valence-corrected chi connectivity index (χ1v) is 49.3. The minimum atomic E-state index is -4.97. The summed E-state index contributed by atoms with van der Waals surface area (Å²) in [7, 11) is -9.93. The predicted octanol–water partition coefficient (Wildman–Crippen LogP) is 27.5. The maximum atomic E-state index is 13.2. The summed E-state index contributed by atoms with van der Waals surface area (Å²) in [6, 6.07) is 0. The fourth-order valence-electron chi connectivity index (χ4n) is 14.0. The first kappa shape index (κ1) is 107. The molecule has 0 aromatic rings. The highest BCUT2D eigenvalue weighted by Gasteiger charge is 2.31. The summed E-state index contributed by atoms with van der Waals surface area (Å²) >= 11 is 0. The molecule has 0 saturated carbocycles. The lowest BCUT2D eigenvalue weighted by atomic mass is 9.99. The summed E-state index contributed by atoms with van der Waals surface area (Å²) in [5.41, 5.74) is 0. The van der Waals surface area contributed by atoms with Crippen LogP contribution in [0.3, 0.4) is 0 Å². The molecule has 19 heteroatoms. The number of esters is 4. The number of hydrogen-bond acceptors (Lipinski definition) is 15. The van der Waals surface area contributed by atoms with E-state index in [9.17, 15) is 43.2 Å². The maximum absolute atomic E-state index is 13.2. The van der Waals surface area contributed by atoms with Gasteiger partial charge in [0.05, 0.1) is 26.4 Å². The van der Waals surface area contributed by atoms with E-state index in [1.165, 1.54) is 270 Å². The molecule has 7 atom stereocenters. The van der Waals surface area contributed by atoms with Crippen molar-refractivity contribution in [2.24, 2.45) is 23.7 Å². The van der Waals surface area contributed by atoms with Crippen molar-refractivity contribution in [1.29, 1.82) is 0 Å². The van der Waals surface area contributed by atoms with Crippen LogP contribution in [0.5, 0.6) is 0 Å². The van der Waals surface area contributed by atoms with Crippen LogP contribution in [0.4, 0.5) is 0 Å². The molecule has 0 saturated heterocycles. The Kier molecular flexibility index (Phi) is 77.2. The molecular weight excluding hydrogens is 1410 g/mol. The number of aliphatic hydroxyl groups excluding tert-OH is 1. The van der Waals surface area contributed by atoms with Gasteiger partial charge in [0.1, 0.15) is 19.3 Å². The van der Waals surface area contributed by atoms with Crippen molar-refractivity contribution in [2.75, 3.05) is 39.6 Å². The lowest BCUT2D eigenvalue weighted by Gasteiger charge is -2.21. The smallest absolute Gasteiger partial charge is 0.462 e. The molecular formula is C90H176O17P2. The first-order chi connectivity index (χ1) is 52.7. The number of phosphoric acid groups is 2. The normalized spacial score (nSPS) is 14.4. The Labute approximate surface area is 670 Å². The summed E-state index contributed by atoms with van der Waals surface area (Å²) in [5.74, 6) is 1.12. The van der Waals surface area contributed by atoms with E-state index < -0.39 is 97.5 Å². The van der Waals surface area contributed by atoms with Crippen molar-refractivity contribution >= 4 is 39.5 Å². The molecule has 5 unspecified atom stereocenters. The van der Waals surface area contributed by atoms with Crippen molar-refractivity contribution in [1.82, 2.24) is 0 Å². The molecule has 0 heterocycles. The molecule has 0 fully saturated rings. The fourth-order valence-corrected chi connectivity index (χ4v) is 15.5. The molecule has 109 heavy (non-hydrogen) atoms. The Morgan fingerprint density at radius 3 is 0.651 bits per heavy atom. The van der Waals surface area contributed by atoms with Crippen LogP contribution in [-0.4, -0.2) is 96.7 Å². The van der Waals surface area contributed by atoms with Crippen LogP contribution in [-0.2, 0) is 65.4 Å².